The van der Waals surface area contributed by atoms with Crippen LogP contribution in [-0.2, 0) is 0 Å². The van der Waals surface area contributed by atoms with Gasteiger partial charge in [-0.2, -0.15) is 0 Å². The number of carbonyl (C=O) groups excluding carboxylic acids is 1. The van der Waals surface area contributed by atoms with Crippen molar-refractivity contribution in [1.82, 2.24) is 5.32 Å². The molecule has 0 spiro atoms. The van der Waals surface area contributed by atoms with Crippen molar-refractivity contribution in [1.29, 1.82) is 0 Å². The highest BCUT2D eigenvalue weighted by atomic mass is 16.3. The van der Waals surface area contributed by atoms with Gasteiger partial charge in [0.2, 0.25) is 0 Å². The van der Waals surface area contributed by atoms with Gasteiger partial charge in [0.25, 0.3) is 5.91 Å². The minimum atomic E-state index is -0.345. The lowest BCUT2D eigenvalue weighted by molar-refractivity contribution is 0.0947. The Balaban J connectivity index is 2.39. The lowest BCUT2D eigenvalue weighted by Crippen LogP contribution is -2.25. The van der Waals surface area contributed by atoms with Crippen LogP contribution in [0.3, 0.4) is 0 Å². The van der Waals surface area contributed by atoms with Crippen LogP contribution in [0.25, 0.3) is 0 Å². The van der Waals surface area contributed by atoms with Crippen molar-refractivity contribution >= 4 is 5.91 Å². The first kappa shape index (κ1) is 12.5. The lowest BCUT2D eigenvalue weighted by atomic mass is 10.2. The highest BCUT2D eigenvalue weighted by Gasteiger charge is 2.08. The first-order chi connectivity index (χ1) is 7.61. The zero-order chi connectivity index (χ0) is 12.0. The molecule has 0 saturated carbocycles. The molecule has 1 rings (SSSR count). The van der Waals surface area contributed by atoms with Crippen LogP contribution in [0, 0.1) is 0 Å². The average Bonchev–Trinajstić information content (AvgIpc) is 2.24. The Labute approximate surface area is 94.9 Å². The number of para-hydroxylation sites is 1. The highest BCUT2D eigenvalue weighted by molar-refractivity contribution is 5.96. The minimum absolute atomic E-state index is 0.0180. The molecular formula is C12H17NO3. The normalized spacial score (nSPS) is 12.1. The molecule has 16 heavy (non-hydrogen) atoms. The fourth-order valence-corrected chi connectivity index (χ4v) is 1.36. The fourth-order valence-electron chi connectivity index (χ4n) is 1.36. The van der Waals surface area contributed by atoms with Crippen molar-refractivity contribution in [2.75, 3.05) is 6.54 Å². The van der Waals surface area contributed by atoms with Crippen molar-refractivity contribution in [2.45, 2.75) is 25.9 Å². The van der Waals surface area contributed by atoms with Crippen LogP contribution >= 0.6 is 0 Å². The first-order valence-electron chi connectivity index (χ1n) is 5.35. The van der Waals surface area contributed by atoms with Crippen LogP contribution in [0.2, 0.25) is 0 Å². The van der Waals surface area contributed by atoms with E-state index in [2.05, 4.69) is 5.32 Å². The van der Waals surface area contributed by atoms with Gasteiger partial charge in [-0.1, -0.05) is 12.1 Å². The maximum absolute atomic E-state index is 11.6. The Kier molecular flexibility index (Phi) is 4.79. The predicted molar refractivity (Wildman–Crippen MR) is 61.4 cm³/mol. The van der Waals surface area contributed by atoms with Gasteiger partial charge in [-0.3, -0.25) is 4.79 Å². The quantitative estimate of drug-likeness (QED) is 0.659. The largest absolute Gasteiger partial charge is 0.507 e. The number of aromatic hydroxyl groups is 1. The van der Waals surface area contributed by atoms with Gasteiger partial charge in [-0.15, -0.1) is 0 Å². The smallest absolute Gasteiger partial charge is 0.255 e. The van der Waals surface area contributed by atoms with E-state index in [9.17, 15) is 9.90 Å². The Hall–Kier alpha value is -1.55. The Morgan fingerprint density at radius 3 is 2.75 bits per heavy atom. The summed E-state index contributed by atoms with van der Waals surface area (Å²) in [5.74, 6) is -0.306. The summed E-state index contributed by atoms with van der Waals surface area (Å²) >= 11 is 0. The third kappa shape index (κ3) is 3.90. The number of carbonyl (C=O) groups is 1. The minimum Gasteiger partial charge on any atom is -0.507 e. The van der Waals surface area contributed by atoms with Gasteiger partial charge in [0, 0.05) is 6.54 Å². The van der Waals surface area contributed by atoms with E-state index in [1.165, 1.54) is 6.07 Å². The monoisotopic (exact) mass is 223 g/mol. The molecule has 1 unspecified atom stereocenters. The molecule has 0 saturated heterocycles. The molecule has 0 aromatic heterocycles. The zero-order valence-corrected chi connectivity index (χ0v) is 9.31. The number of benzene rings is 1. The van der Waals surface area contributed by atoms with Crippen molar-refractivity contribution < 1.29 is 15.0 Å². The molecular weight excluding hydrogens is 206 g/mol. The molecule has 0 fully saturated rings. The number of amides is 1. The number of phenolic OH excluding ortho intramolecular Hbond substituents is 1. The second-order valence-corrected chi connectivity index (χ2v) is 3.76. The Bertz CT molecular complexity index is 350. The molecule has 0 radical (unpaired) electrons. The van der Waals surface area contributed by atoms with E-state index in [1.54, 1.807) is 25.1 Å². The molecule has 1 atom stereocenters. The third-order valence-corrected chi connectivity index (χ3v) is 2.23. The first-order valence-corrected chi connectivity index (χ1v) is 5.35. The molecule has 0 aliphatic heterocycles. The molecule has 0 aliphatic carbocycles. The van der Waals surface area contributed by atoms with E-state index in [0.717, 1.165) is 6.42 Å². The number of phenols is 1. The second-order valence-electron chi connectivity index (χ2n) is 3.76. The number of rotatable bonds is 5. The molecule has 3 N–H and O–H groups in total. The summed E-state index contributed by atoms with van der Waals surface area (Å²) in [6.45, 7) is 2.21. The summed E-state index contributed by atoms with van der Waals surface area (Å²) in [5, 5.41) is 21.1. The van der Waals surface area contributed by atoms with Crippen molar-refractivity contribution in [3.05, 3.63) is 29.8 Å². The van der Waals surface area contributed by atoms with Crippen LogP contribution in [0.1, 0.15) is 30.1 Å². The summed E-state index contributed by atoms with van der Waals surface area (Å²) in [5.41, 5.74) is 0.277. The number of nitrogens with one attached hydrogen (secondary N) is 1. The van der Waals surface area contributed by atoms with E-state index >= 15 is 0 Å². The average molecular weight is 223 g/mol. The second kappa shape index (κ2) is 6.12. The van der Waals surface area contributed by atoms with E-state index in [0.29, 0.717) is 13.0 Å². The van der Waals surface area contributed by atoms with Gasteiger partial charge >= 0.3 is 0 Å². The molecule has 88 valence electrons. The molecule has 0 bridgehead atoms. The number of hydrogen-bond donors (Lipinski definition) is 3. The molecule has 1 aromatic carbocycles. The molecule has 1 amide bonds. The number of aliphatic hydroxyl groups is 1. The summed E-state index contributed by atoms with van der Waals surface area (Å²) in [7, 11) is 0. The van der Waals surface area contributed by atoms with Gasteiger partial charge < -0.3 is 15.5 Å². The van der Waals surface area contributed by atoms with Gasteiger partial charge in [-0.05, 0) is 31.9 Å². The Morgan fingerprint density at radius 2 is 2.12 bits per heavy atom. The molecule has 4 nitrogen and oxygen atoms in total. The van der Waals surface area contributed by atoms with Gasteiger partial charge in [0.1, 0.15) is 5.75 Å². The topological polar surface area (TPSA) is 69.6 Å². The molecule has 4 heteroatoms. The van der Waals surface area contributed by atoms with Crippen molar-refractivity contribution in [3.63, 3.8) is 0 Å². The van der Waals surface area contributed by atoms with Crippen LogP contribution in [0.5, 0.6) is 5.75 Å². The predicted octanol–water partition coefficient (Wildman–Crippen LogP) is 1.28. The third-order valence-electron chi connectivity index (χ3n) is 2.23. The maximum atomic E-state index is 11.6. The van der Waals surface area contributed by atoms with E-state index in [4.69, 9.17) is 5.11 Å². The van der Waals surface area contributed by atoms with Crippen LogP contribution in [0.15, 0.2) is 24.3 Å². The van der Waals surface area contributed by atoms with Gasteiger partial charge in [0.05, 0.1) is 11.7 Å². The summed E-state index contributed by atoms with van der Waals surface area (Å²) in [6, 6.07) is 6.41. The lowest BCUT2D eigenvalue weighted by Gasteiger charge is -2.07. The summed E-state index contributed by atoms with van der Waals surface area (Å²) in [4.78, 5) is 11.6. The van der Waals surface area contributed by atoms with Crippen LogP contribution in [0.4, 0.5) is 0 Å². The van der Waals surface area contributed by atoms with Gasteiger partial charge in [-0.25, -0.2) is 0 Å². The molecule has 0 aliphatic rings. The van der Waals surface area contributed by atoms with Gasteiger partial charge in [0.15, 0.2) is 0 Å². The standard InChI is InChI=1S/C12H17NO3/c1-9(14)5-4-8-13-12(16)10-6-2-3-7-11(10)15/h2-3,6-7,9,14-15H,4-5,8H2,1H3,(H,13,16). The summed E-state index contributed by atoms with van der Waals surface area (Å²) < 4.78 is 0. The highest BCUT2D eigenvalue weighted by Crippen LogP contribution is 2.14. The molecule has 0 heterocycles. The zero-order valence-electron chi connectivity index (χ0n) is 9.31. The molecule has 1 aromatic rings. The van der Waals surface area contributed by atoms with Crippen molar-refractivity contribution in [3.8, 4) is 5.75 Å². The Morgan fingerprint density at radius 1 is 1.44 bits per heavy atom. The van der Waals surface area contributed by atoms with Crippen LogP contribution < -0.4 is 5.32 Å². The fraction of sp³-hybridized carbons (Fsp3) is 0.417. The maximum Gasteiger partial charge on any atom is 0.255 e. The SMILES string of the molecule is CC(O)CCCNC(=O)c1ccccc1O. The van der Waals surface area contributed by atoms with E-state index in [1.807, 2.05) is 0 Å². The van der Waals surface area contributed by atoms with E-state index in [-0.39, 0.29) is 23.3 Å². The number of aliphatic hydroxyl groups excluding tert-OH is 1. The number of hydrogen-bond acceptors (Lipinski definition) is 3. The van der Waals surface area contributed by atoms with Crippen molar-refractivity contribution in [2.24, 2.45) is 0 Å². The summed E-state index contributed by atoms with van der Waals surface area (Å²) in [6.07, 6.45) is 1.03. The van der Waals surface area contributed by atoms with Crippen LogP contribution in [-0.4, -0.2) is 28.8 Å². The van der Waals surface area contributed by atoms with E-state index < -0.39 is 0 Å².